The highest BCUT2D eigenvalue weighted by Crippen LogP contribution is 2.26. The van der Waals surface area contributed by atoms with Crippen molar-refractivity contribution < 1.29 is 19.1 Å². The number of aromatic nitrogens is 1. The van der Waals surface area contributed by atoms with Crippen molar-refractivity contribution in [3.8, 4) is 0 Å². The second-order valence-electron chi connectivity index (χ2n) is 6.02. The first-order valence-electron chi connectivity index (χ1n) is 8.19. The summed E-state index contributed by atoms with van der Waals surface area (Å²) in [4.78, 5) is 26.9. The number of aromatic carboxylic acids is 1. The Morgan fingerprint density at radius 1 is 1.04 bits per heavy atom. The predicted molar refractivity (Wildman–Crippen MR) is 97.0 cm³/mol. The van der Waals surface area contributed by atoms with E-state index in [1.165, 1.54) is 0 Å². The minimum absolute atomic E-state index is 0.0971. The van der Waals surface area contributed by atoms with E-state index < -0.39 is 5.97 Å². The van der Waals surface area contributed by atoms with Crippen LogP contribution in [0.2, 0.25) is 0 Å². The van der Waals surface area contributed by atoms with Gasteiger partial charge in [0, 0.05) is 34.6 Å². The van der Waals surface area contributed by atoms with Gasteiger partial charge in [-0.25, -0.2) is 4.79 Å². The molecule has 130 valence electrons. The van der Waals surface area contributed by atoms with E-state index in [9.17, 15) is 14.7 Å². The Labute approximate surface area is 148 Å². The van der Waals surface area contributed by atoms with Crippen molar-refractivity contribution in [2.75, 3.05) is 0 Å². The smallest absolute Gasteiger partial charge is 0.372 e. The molecule has 4 rings (SSSR count). The Kier molecular flexibility index (Phi) is 3.93. The molecule has 2 heterocycles. The molecule has 1 amide bonds. The summed E-state index contributed by atoms with van der Waals surface area (Å²) < 4.78 is 5.40. The Bertz CT molecular complexity index is 1120. The summed E-state index contributed by atoms with van der Waals surface area (Å²) in [6.07, 6.45) is 2.03. The molecule has 0 bridgehead atoms. The zero-order valence-corrected chi connectivity index (χ0v) is 13.8. The molecular weight excluding hydrogens is 332 g/mol. The molecule has 6 nitrogen and oxygen atoms in total. The number of amides is 1. The third-order valence-corrected chi connectivity index (χ3v) is 4.38. The first kappa shape index (κ1) is 16.0. The van der Waals surface area contributed by atoms with Crippen LogP contribution in [0.15, 0.2) is 59.1 Å². The molecule has 0 radical (unpaired) electrons. The van der Waals surface area contributed by atoms with Crippen LogP contribution in [0.1, 0.15) is 21.7 Å². The number of carboxylic acids is 1. The zero-order valence-electron chi connectivity index (χ0n) is 13.8. The maximum Gasteiger partial charge on any atom is 0.372 e. The van der Waals surface area contributed by atoms with Crippen molar-refractivity contribution in [1.82, 2.24) is 10.3 Å². The molecule has 26 heavy (non-hydrogen) atoms. The number of carbonyl (C=O) groups is 2. The fraction of sp³-hybridized carbons (Fsp3) is 0.100. The zero-order chi connectivity index (χ0) is 18.1. The van der Waals surface area contributed by atoms with Gasteiger partial charge in [-0.1, -0.05) is 36.4 Å². The number of rotatable bonds is 5. The number of hydrogen-bond donors (Lipinski definition) is 3. The number of hydrogen-bond acceptors (Lipinski definition) is 3. The Balaban J connectivity index is 1.54. The molecule has 0 aliphatic heterocycles. The van der Waals surface area contributed by atoms with Crippen LogP contribution in [0, 0.1) is 0 Å². The van der Waals surface area contributed by atoms with Gasteiger partial charge >= 0.3 is 5.97 Å². The molecule has 0 spiro atoms. The van der Waals surface area contributed by atoms with Gasteiger partial charge in [-0.2, -0.15) is 0 Å². The van der Waals surface area contributed by atoms with Gasteiger partial charge in [-0.05, 0) is 17.7 Å². The molecule has 2 aromatic heterocycles. The number of nitrogens with one attached hydrogen (secondary N) is 2. The van der Waals surface area contributed by atoms with Crippen molar-refractivity contribution in [2.45, 2.75) is 13.0 Å². The number of carbonyl (C=O) groups excluding carboxylic acids is 1. The van der Waals surface area contributed by atoms with Gasteiger partial charge in [0.15, 0.2) is 0 Å². The van der Waals surface area contributed by atoms with E-state index in [2.05, 4.69) is 10.3 Å². The molecule has 6 heteroatoms. The van der Waals surface area contributed by atoms with E-state index in [4.69, 9.17) is 4.42 Å². The van der Waals surface area contributed by atoms with Gasteiger partial charge in [0.25, 0.3) is 0 Å². The summed E-state index contributed by atoms with van der Waals surface area (Å²) in [6, 6.07) is 14.8. The lowest BCUT2D eigenvalue weighted by Gasteiger charge is -2.05. The average Bonchev–Trinajstić information content (AvgIpc) is 3.22. The molecule has 0 atom stereocenters. The predicted octanol–water partition coefficient (Wildman–Crippen LogP) is 3.47. The van der Waals surface area contributed by atoms with Gasteiger partial charge in [-0.15, -0.1) is 0 Å². The fourth-order valence-electron chi connectivity index (χ4n) is 3.15. The third-order valence-electron chi connectivity index (χ3n) is 4.38. The van der Waals surface area contributed by atoms with Crippen molar-refractivity contribution in [1.29, 1.82) is 0 Å². The molecule has 0 aliphatic carbocycles. The summed E-state index contributed by atoms with van der Waals surface area (Å²) in [5.41, 5.74) is 2.84. The van der Waals surface area contributed by atoms with Gasteiger partial charge in [0.2, 0.25) is 11.7 Å². The maximum absolute atomic E-state index is 12.4. The molecule has 0 unspecified atom stereocenters. The van der Waals surface area contributed by atoms with Crippen molar-refractivity contribution in [2.24, 2.45) is 0 Å². The molecule has 0 saturated carbocycles. The lowest BCUT2D eigenvalue weighted by Crippen LogP contribution is -2.25. The number of aromatic amines is 1. The van der Waals surface area contributed by atoms with E-state index in [0.717, 1.165) is 16.5 Å². The Morgan fingerprint density at radius 3 is 2.58 bits per heavy atom. The van der Waals surface area contributed by atoms with E-state index >= 15 is 0 Å². The van der Waals surface area contributed by atoms with E-state index in [0.29, 0.717) is 16.5 Å². The lowest BCUT2D eigenvalue weighted by atomic mass is 10.1. The quantitative estimate of drug-likeness (QED) is 0.514. The summed E-state index contributed by atoms with van der Waals surface area (Å²) in [6.45, 7) is 0.0971. The average molecular weight is 348 g/mol. The third kappa shape index (κ3) is 2.82. The van der Waals surface area contributed by atoms with Crippen LogP contribution in [0.3, 0.4) is 0 Å². The standard InChI is InChI=1S/C20H16N2O4/c23-18(9-12-10-21-16-7-3-1-5-13(12)16)22-11-15-14-6-2-4-8-17(14)26-19(15)20(24)25/h1-8,10,21H,9,11H2,(H,22,23)(H,24,25). The Hall–Kier alpha value is -3.54. The summed E-state index contributed by atoms with van der Waals surface area (Å²) >= 11 is 0. The number of para-hydroxylation sites is 2. The van der Waals surface area contributed by atoms with Crippen LogP contribution in [-0.4, -0.2) is 22.0 Å². The second-order valence-corrected chi connectivity index (χ2v) is 6.02. The maximum atomic E-state index is 12.4. The fourth-order valence-corrected chi connectivity index (χ4v) is 3.15. The highest BCUT2D eigenvalue weighted by molar-refractivity contribution is 5.95. The number of H-pyrrole nitrogens is 1. The van der Waals surface area contributed by atoms with Crippen molar-refractivity contribution >= 4 is 33.7 Å². The largest absolute Gasteiger partial charge is 0.475 e. The normalized spacial score (nSPS) is 11.1. The topological polar surface area (TPSA) is 95.3 Å². The molecule has 0 saturated heterocycles. The van der Waals surface area contributed by atoms with E-state index in [1.54, 1.807) is 24.3 Å². The van der Waals surface area contributed by atoms with Crippen molar-refractivity contribution in [3.63, 3.8) is 0 Å². The summed E-state index contributed by atoms with van der Waals surface area (Å²) in [5, 5.41) is 13.8. The summed E-state index contributed by atoms with van der Waals surface area (Å²) in [7, 11) is 0. The lowest BCUT2D eigenvalue weighted by molar-refractivity contribution is -0.120. The molecular formula is C20H16N2O4. The first-order chi connectivity index (χ1) is 12.6. The first-order valence-corrected chi connectivity index (χ1v) is 8.19. The van der Waals surface area contributed by atoms with Gasteiger partial charge < -0.3 is 19.8 Å². The number of benzene rings is 2. The van der Waals surface area contributed by atoms with Crippen LogP contribution in [0.25, 0.3) is 21.9 Å². The number of carboxylic acid groups (broad SMARTS) is 1. The van der Waals surface area contributed by atoms with Crippen molar-refractivity contribution in [3.05, 3.63) is 71.6 Å². The van der Waals surface area contributed by atoms with Crippen LogP contribution in [0.4, 0.5) is 0 Å². The van der Waals surface area contributed by atoms with Crippen LogP contribution in [0.5, 0.6) is 0 Å². The van der Waals surface area contributed by atoms with Crippen LogP contribution >= 0.6 is 0 Å². The molecule has 2 aromatic carbocycles. The molecule has 0 fully saturated rings. The second kappa shape index (κ2) is 6.40. The summed E-state index contributed by atoms with van der Waals surface area (Å²) in [5.74, 6) is -1.47. The van der Waals surface area contributed by atoms with Gasteiger partial charge in [-0.3, -0.25) is 4.79 Å². The number of furan rings is 1. The minimum Gasteiger partial charge on any atom is -0.475 e. The van der Waals surface area contributed by atoms with Crippen LogP contribution < -0.4 is 5.32 Å². The minimum atomic E-state index is -1.15. The SMILES string of the molecule is O=C(Cc1c[nH]c2ccccc12)NCc1c(C(=O)O)oc2ccccc12. The monoisotopic (exact) mass is 348 g/mol. The van der Waals surface area contributed by atoms with Crippen LogP contribution in [-0.2, 0) is 17.8 Å². The highest BCUT2D eigenvalue weighted by atomic mass is 16.4. The van der Waals surface area contributed by atoms with Gasteiger partial charge in [0.05, 0.1) is 6.42 Å². The van der Waals surface area contributed by atoms with Gasteiger partial charge in [0.1, 0.15) is 5.58 Å². The molecule has 3 N–H and O–H groups in total. The van der Waals surface area contributed by atoms with E-state index in [1.807, 2.05) is 30.5 Å². The van der Waals surface area contributed by atoms with E-state index in [-0.39, 0.29) is 24.6 Å². The Morgan fingerprint density at radius 2 is 1.77 bits per heavy atom. The number of fused-ring (bicyclic) bond motifs is 2. The molecule has 4 aromatic rings. The molecule has 0 aliphatic rings. The highest BCUT2D eigenvalue weighted by Gasteiger charge is 2.20.